The Morgan fingerprint density at radius 1 is 1.22 bits per heavy atom. The average Bonchev–Trinajstić information content (AvgIpc) is 2.77. The Bertz CT molecular complexity index is 561. The van der Waals surface area contributed by atoms with E-state index in [9.17, 15) is 19.5 Å². The van der Waals surface area contributed by atoms with E-state index in [0.717, 1.165) is 12.8 Å². The standard InChI is InChI=1S/C17H25NO4.K/c1-15(2)16(3)6-7-17(15,9-12(16)19)14(22)18-8-4-5-11(10-18)13(20)21;/h11H,4-10H2,1-3H3,(H,20,21);/q;+1/p-1. The van der Waals surface area contributed by atoms with Crippen molar-refractivity contribution in [3.8, 4) is 0 Å². The summed E-state index contributed by atoms with van der Waals surface area (Å²) in [6, 6.07) is 0. The first kappa shape index (κ1) is 19.6. The molecule has 0 aromatic rings. The molecule has 0 spiro atoms. The van der Waals surface area contributed by atoms with Crippen LogP contribution in [0.3, 0.4) is 0 Å². The number of carboxylic acid groups (broad SMARTS) is 1. The van der Waals surface area contributed by atoms with Gasteiger partial charge in [0.1, 0.15) is 5.78 Å². The van der Waals surface area contributed by atoms with Crippen LogP contribution in [0.1, 0.15) is 52.9 Å². The van der Waals surface area contributed by atoms with Gasteiger partial charge in [-0.25, -0.2) is 0 Å². The molecule has 3 rings (SSSR count). The number of amides is 1. The van der Waals surface area contributed by atoms with Crippen LogP contribution in [0.5, 0.6) is 0 Å². The normalized spacial score (nSPS) is 38.3. The number of nitrogens with zero attached hydrogens (tertiary/aromatic N) is 1. The molecule has 2 saturated carbocycles. The van der Waals surface area contributed by atoms with E-state index in [-0.39, 0.29) is 75.0 Å². The summed E-state index contributed by atoms with van der Waals surface area (Å²) < 4.78 is 0. The fourth-order valence-electron chi connectivity index (χ4n) is 4.99. The van der Waals surface area contributed by atoms with Crippen LogP contribution in [0.25, 0.3) is 0 Å². The van der Waals surface area contributed by atoms with E-state index in [2.05, 4.69) is 0 Å². The van der Waals surface area contributed by atoms with Crippen molar-refractivity contribution in [3.05, 3.63) is 0 Å². The third kappa shape index (κ3) is 2.51. The molecule has 122 valence electrons. The number of likely N-dealkylation sites (tertiary alicyclic amines) is 1. The van der Waals surface area contributed by atoms with Crippen molar-refractivity contribution in [1.82, 2.24) is 4.90 Å². The zero-order valence-electron chi connectivity index (χ0n) is 14.6. The molecule has 1 amide bonds. The molecule has 1 saturated heterocycles. The Labute approximate surface area is 180 Å². The minimum absolute atomic E-state index is 0. The van der Waals surface area contributed by atoms with E-state index in [4.69, 9.17) is 0 Å². The number of piperidine rings is 1. The Kier molecular flexibility index (Phi) is 5.28. The summed E-state index contributed by atoms with van der Waals surface area (Å²) in [7, 11) is 0. The van der Waals surface area contributed by atoms with Crippen molar-refractivity contribution in [1.29, 1.82) is 0 Å². The summed E-state index contributed by atoms with van der Waals surface area (Å²) in [5.41, 5.74) is -1.44. The van der Waals surface area contributed by atoms with Crippen LogP contribution >= 0.6 is 0 Å². The Hall–Kier alpha value is 0.246. The predicted molar refractivity (Wildman–Crippen MR) is 77.5 cm³/mol. The van der Waals surface area contributed by atoms with Crippen molar-refractivity contribution in [2.24, 2.45) is 22.2 Å². The molecule has 3 atom stereocenters. The number of hydrogen-bond donors (Lipinski definition) is 0. The first-order chi connectivity index (χ1) is 10.2. The molecular weight excluding hydrogens is 321 g/mol. The van der Waals surface area contributed by atoms with E-state index in [0.29, 0.717) is 25.8 Å². The van der Waals surface area contributed by atoms with Gasteiger partial charge in [0.15, 0.2) is 0 Å². The number of Topliss-reactive ketones (excluding diaryl/α,β-unsaturated/α-hetero) is 1. The van der Waals surface area contributed by atoms with Gasteiger partial charge in [-0.15, -0.1) is 0 Å². The van der Waals surface area contributed by atoms with Gasteiger partial charge in [0, 0.05) is 36.8 Å². The molecule has 0 radical (unpaired) electrons. The summed E-state index contributed by atoms with van der Waals surface area (Å²) >= 11 is 0. The van der Waals surface area contributed by atoms with Crippen molar-refractivity contribution < 1.29 is 70.9 Å². The molecule has 1 heterocycles. The monoisotopic (exact) mass is 345 g/mol. The fourth-order valence-corrected chi connectivity index (χ4v) is 4.99. The van der Waals surface area contributed by atoms with Crippen molar-refractivity contribution in [3.63, 3.8) is 0 Å². The van der Waals surface area contributed by atoms with E-state index in [1.54, 1.807) is 4.90 Å². The number of fused-ring (bicyclic) bond motifs is 2. The number of carbonyl (C=O) groups excluding carboxylic acids is 3. The van der Waals surface area contributed by atoms with E-state index in [1.165, 1.54) is 0 Å². The maximum atomic E-state index is 13.2. The summed E-state index contributed by atoms with van der Waals surface area (Å²) in [5.74, 6) is -1.49. The van der Waals surface area contributed by atoms with Crippen LogP contribution in [-0.4, -0.2) is 35.6 Å². The van der Waals surface area contributed by atoms with Crippen LogP contribution in [0.15, 0.2) is 0 Å². The SMILES string of the molecule is CC12CCC(C(=O)N3CCCC(C(=O)[O-])C3)(CC1=O)C2(C)C.[K+]. The minimum Gasteiger partial charge on any atom is -0.550 e. The molecule has 5 nitrogen and oxygen atoms in total. The Balaban J connectivity index is 0.00000192. The minimum atomic E-state index is -1.08. The molecule has 3 aliphatic rings. The van der Waals surface area contributed by atoms with Crippen LogP contribution in [-0.2, 0) is 14.4 Å². The molecule has 1 aliphatic heterocycles. The Morgan fingerprint density at radius 2 is 1.87 bits per heavy atom. The third-order valence-electron chi connectivity index (χ3n) is 7.16. The molecule has 0 aromatic heterocycles. The third-order valence-corrected chi connectivity index (χ3v) is 7.16. The molecule has 2 aliphatic carbocycles. The first-order valence-corrected chi connectivity index (χ1v) is 8.19. The van der Waals surface area contributed by atoms with Gasteiger partial charge in [-0.05, 0) is 31.1 Å². The summed E-state index contributed by atoms with van der Waals surface area (Å²) in [6.07, 6.45) is 3.04. The van der Waals surface area contributed by atoms with E-state index >= 15 is 0 Å². The van der Waals surface area contributed by atoms with Gasteiger partial charge >= 0.3 is 51.4 Å². The molecular formula is C17H24KNO4. The molecule has 23 heavy (non-hydrogen) atoms. The molecule has 2 bridgehead atoms. The van der Waals surface area contributed by atoms with Crippen molar-refractivity contribution in [2.75, 3.05) is 13.1 Å². The Morgan fingerprint density at radius 3 is 2.35 bits per heavy atom. The maximum absolute atomic E-state index is 13.2. The number of carbonyl (C=O) groups is 3. The summed E-state index contributed by atoms with van der Waals surface area (Å²) in [6.45, 7) is 6.86. The van der Waals surface area contributed by atoms with Crippen LogP contribution in [0.4, 0.5) is 0 Å². The predicted octanol–water partition coefficient (Wildman–Crippen LogP) is -2.24. The van der Waals surface area contributed by atoms with Gasteiger partial charge in [0.05, 0.1) is 5.41 Å². The molecule has 6 heteroatoms. The van der Waals surface area contributed by atoms with Crippen LogP contribution < -0.4 is 56.5 Å². The zero-order chi connectivity index (χ0) is 16.3. The second-order valence-corrected chi connectivity index (χ2v) is 8.05. The smallest absolute Gasteiger partial charge is 0.550 e. The topological polar surface area (TPSA) is 77.5 Å². The van der Waals surface area contributed by atoms with Gasteiger partial charge < -0.3 is 14.8 Å². The van der Waals surface area contributed by atoms with E-state index < -0.39 is 22.7 Å². The molecule has 3 unspecified atom stereocenters. The molecule has 0 aromatic carbocycles. The second kappa shape index (κ2) is 6.20. The fraction of sp³-hybridized carbons (Fsp3) is 0.824. The van der Waals surface area contributed by atoms with Gasteiger partial charge in [-0.1, -0.05) is 20.8 Å². The number of hydrogen-bond acceptors (Lipinski definition) is 4. The molecule has 3 fully saturated rings. The van der Waals surface area contributed by atoms with Crippen LogP contribution in [0.2, 0.25) is 0 Å². The second-order valence-electron chi connectivity index (χ2n) is 8.05. The van der Waals surface area contributed by atoms with Gasteiger partial charge in [-0.3, -0.25) is 9.59 Å². The summed E-state index contributed by atoms with van der Waals surface area (Å²) in [5, 5.41) is 11.1. The zero-order valence-corrected chi connectivity index (χ0v) is 17.7. The van der Waals surface area contributed by atoms with Gasteiger partial charge in [0.2, 0.25) is 5.91 Å². The van der Waals surface area contributed by atoms with E-state index in [1.807, 2.05) is 20.8 Å². The van der Waals surface area contributed by atoms with Crippen molar-refractivity contribution in [2.45, 2.75) is 52.9 Å². The summed E-state index contributed by atoms with van der Waals surface area (Å²) in [4.78, 5) is 38.5. The number of rotatable bonds is 2. The maximum Gasteiger partial charge on any atom is 1.00 e. The quantitative estimate of drug-likeness (QED) is 0.531. The van der Waals surface area contributed by atoms with Gasteiger partial charge in [0.25, 0.3) is 0 Å². The average molecular weight is 345 g/mol. The molecule has 0 N–H and O–H groups in total. The first-order valence-electron chi connectivity index (χ1n) is 8.19. The number of ketones is 1. The van der Waals surface area contributed by atoms with Crippen molar-refractivity contribution >= 4 is 17.7 Å². The number of carboxylic acids is 1. The number of aliphatic carboxylic acids is 1. The van der Waals surface area contributed by atoms with Gasteiger partial charge in [-0.2, -0.15) is 0 Å². The van der Waals surface area contributed by atoms with Crippen LogP contribution in [0, 0.1) is 22.2 Å². The largest absolute Gasteiger partial charge is 1.00 e.